The monoisotopic (exact) mass is 456 g/mol. The summed E-state index contributed by atoms with van der Waals surface area (Å²) in [6.07, 6.45) is 6.08. The van der Waals surface area contributed by atoms with E-state index in [0.29, 0.717) is 19.4 Å². The molecular formula is C29H32N2O3. The molecule has 5 nitrogen and oxygen atoms in total. The molecule has 176 valence electrons. The standard InChI is InChI=1S/C29H32N2O3/c1-28(2)13-21-26(23(32)15-28)25(27-22(31-21)14-29(3,4)16-24(27)33)19-6-5-7-20(12-19)34-17-18-8-10-30-11-9-18/h5-12,25,31H,13-17H2,1-4H3. The third-order valence-electron chi connectivity index (χ3n) is 7.07. The lowest BCUT2D eigenvalue weighted by Gasteiger charge is -2.44. The lowest BCUT2D eigenvalue weighted by Crippen LogP contribution is -2.42. The number of hydrogen-bond donors (Lipinski definition) is 1. The summed E-state index contributed by atoms with van der Waals surface area (Å²) in [5, 5.41) is 3.57. The summed E-state index contributed by atoms with van der Waals surface area (Å²) in [5.74, 6) is 0.652. The van der Waals surface area contributed by atoms with Crippen LogP contribution in [0, 0.1) is 10.8 Å². The van der Waals surface area contributed by atoms with Crippen LogP contribution in [0.3, 0.4) is 0 Å². The quantitative estimate of drug-likeness (QED) is 0.645. The highest BCUT2D eigenvalue weighted by Crippen LogP contribution is 2.51. The smallest absolute Gasteiger partial charge is 0.162 e. The predicted octanol–water partition coefficient (Wildman–Crippen LogP) is 5.63. The van der Waals surface area contributed by atoms with Gasteiger partial charge in [-0.3, -0.25) is 14.6 Å². The lowest BCUT2D eigenvalue weighted by molar-refractivity contribution is -0.119. The molecule has 2 heterocycles. The molecule has 0 saturated heterocycles. The molecule has 0 bridgehead atoms. The number of ether oxygens (including phenoxy) is 1. The molecule has 2 aromatic rings. The molecule has 0 saturated carbocycles. The zero-order chi connectivity index (χ0) is 24.1. The minimum atomic E-state index is -0.345. The van der Waals surface area contributed by atoms with Gasteiger partial charge in [-0.25, -0.2) is 0 Å². The Balaban J connectivity index is 1.56. The van der Waals surface area contributed by atoms with Crippen molar-refractivity contribution in [1.82, 2.24) is 10.3 Å². The fraction of sp³-hybridized carbons (Fsp3) is 0.414. The fourth-order valence-electron chi connectivity index (χ4n) is 5.65. The Bertz CT molecular complexity index is 1170. The van der Waals surface area contributed by atoms with E-state index in [4.69, 9.17) is 4.74 Å². The van der Waals surface area contributed by atoms with Crippen LogP contribution < -0.4 is 10.1 Å². The summed E-state index contributed by atoms with van der Waals surface area (Å²) in [6, 6.07) is 11.7. The van der Waals surface area contributed by atoms with E-state index in [2.05, 4.69) is 38.0 Å². The normalized spacial score (nSPS) is 21.6. The van der Waals surface area contributed by atoms with E-state index >= 15 is 0 Å². The van der Waals surface area contributed by atoms with Gasteiger partial charge in [-0.2, -0.15) is 0 Å². The molecule has 0 radical (unpaired) electrons. The first-order valence-electron chi connectivity index (χ1n) is 12.0. The molecular weight excluding hydrogens is 424 g/mol. The van der Waals surface area contributed by atoms with Crippen molar-refractivity contribution in [1.29, 1.82) is 0 Å². The van der Waals surface area contributed by atoms with E-state index in [1.165, 1.54) is 0 Å². The largest absolute Gasteiger partial charge is 0.489 e. The van der Waals surface area contributed by atoms with E-state index in [1.54, 1.807) is 12.4 Å². The number of ketones is 2. The van der Waals surface area contributed by atoms with E-state index in [1.807, 2.05) is 36.4 Å². The average molecular weight is 457 g/mol. The lowest BCUT2D eigenvalue weighted by atomic mass is 9.64. The third-order valence-corrected chi connectivity index (χ3v) is 7.07. The number of benzene rings is 1. The number of rotatable bonds is 4. The molecule has 1 aliphatic heterocycles. The Labute approximate surface area is 201 Å². The molecule has 0 amide bonds. The summed E-state index contributed by atoms with van der Waals surface area (Å²) in [4.78, 5) is 31.0. The van der Waals surface area contributed by atoms with E-state index in [-0.39, 0.29) is 28.3 Å². The summed E-state index contributed by atoms with van der Waals surface area (Å²) in [7, 11) is 0. The molecule has 1 aromatic heterocycles. The third kappa shape index (κ3) is 4.31. The number of hydrogen-bond acceptors (Lipinski definition) is 5. The molecule has 5 rings (SSSR count). The first kappa shape index (κ1) is 22.6. The van der Waals surface area contributed by atoms with E-state index in [0.717, 1.165) is 52.3 Å². The van der Waals surface area contributed by atoms with Crippen LogP contribution in [-0.2, 0) is 16.2 Å². The minimum absolute atomic E-state index is 0.102. The Hall–Kier alpha value is -3.21. The summed E-state index contributed by atoms with van der Waals surface area (Å²) < 4.78 is 6.07. The number of aromatic nitrogens is 1. The van der Waals surface area contributed by atoms with Crippen molar-refractivity contribution in [3.05, 3.63) is 82.5 Å². The second kappa shape index (κ2) is 8.23. The van der Waals surface area contributed by atoms with Gasteiger partial charge in [0.1, 0.15) is 12.4 Å². The number of allylic oxidation sites excluding steroid dienone is 4. The van der Waals surface area contributed by atoms with Gasteiger partial charge < -0.3 is 10.1 Å². The van der Waals surface area contributed by atoms with Crippen molar-refractivity contribution in [2.45, 2.75) is 65.9 Å². The second-order valence-electron chi connectivity index (χ2n) is 11.4. The zero-order valence-electron chi connectivity index (χ0n) is 20.4. The molecule has 0 spiro atoms. The van der Waals surface area contributed by atoms with E-state index in [9.17, 15) is 9.59 Å². The van der Waals surface area contributed by atoms with Gasteiger partial charge in [-0.15, -0.1) is 0 Å². The highest BCUT2D eigenvalue weighted by Gasteiger charge is 2.46. The Morgan fingerprint density at radius 3 is 2.06 bits per heavy atom. The number of pyridine rings is 1. The molecule has 0 unspecified atom stereocenters. The van der Waals surface area contributed by atoms with Crippen molar-refractivity contribution in [2.24, 2.45) is 10.8 Å². The first-order valence-corrected chi connectivity index (χ1v) is 12.0. The van der Waals surface area contributed by atoms with Crippen LogP contribution in [0.15, 0.2) is 71.3 Å². The molecule has 34 heavy (non-hydrogen) atoms. The zero-order valence-corrected chi connectivity index (χ0v) is 20.4. The molecule has 3 aliphatic rings. The maximum atomic E-state index is 13.5. The van der Waals surface area contributed by atoms with Gasteiger partial charge >= 0.3 is 0 Å². The number of Topliss-reactive ketones (excluding diaryl/α,β-unsaturated/α-hetero) is 2. The van der Waals surface area contributed by atoms with Crippen LogP contribution in [0.25, 0.3) is 0 Å². The van der Waals surface area contributed by atoms with Crippen LogP contribution in [0.5, 0.6) is 5.75 Å². The Kier molecular flexibility index (Phi) is 5.46. The van der Waals surface area contributed by atoms with Crippen LogP contribution in [0.1, 0.15) is 70.4 Å². The summed E-state index contributed by atoms with van der Waals surface area (Å²) in [5.41, 5.74) is 5.26. The highest BCUT2D eigenvalue weighted by molar-refractivity contribution is 6.06. The highest BCUT2D eigenvalue weighted by atomic mass is 16.5. The van der Waals surface area contributed by atoms with Crippen molar-refractivity contribution >= 4 is 11.6 Å². The van der Waals surface area contributed by atoms with Crippen molar-refractivity contribution in [3.63, 3.8) is 0 Å². The minimum Gasteiger partial charge on any atom is -0.489 e. The topological polar surface area (TPSA) is 68.3 Å². The average Bonchev–Trinajstić information content (AvgIpc) is 2.75. The van der Waals surface area contributed by atoms with Gasteiger partial charge in [-0.1, -0.05) is 39.8 Å². The fourth-order valence-corrected chi connectivity index (χ4v) is 5.65. The number of carbonyl (C=O) groups excluding carboxylic acids is 2. The predicted molar refractivity (Wildman–Crippen MR) is 131 cm³/mol. The number of dihydropyridines is 1. The summed E-state index contributed by atoms with van der Waals surface area (Å²) in [6.45, 7) is 8.98. The Morgan fingerprint density at radius 2 is 1.47 bits per heavy atom. The van der Waals surface area contributed by atoms with Crippen molar-refractivity contribution in [2.75, 3.05) is 0 Å². The Morgan fingerprint density at radius 1 is 0.882 bits per heavy atom. The van der Waals surface area contributed by atoms with E-state index < -0.39 is 0 Å². The SMILES string of the molecule is CC1(C)CC(=O)C2=C(C1)NC1=C(C(=O)CC(C)(C)C1)C2c1cccc(OCc2ccncc2)c1. The van der Waals surface area contributed by atoms with Crippen LogP contribution >= 0.6 is 0 Å². The molecule has 1 N–H and O–H groups in total. The first-order chi connectivity index (χ1) is 16.1. The molecule has 1 aromatic carbocycles. The number of nitrogens with one attached hydrogen (secondary N) is 1. The van der Waals surface area contributed by atoms with Crippen LogP contribution in [-0.4, -0.2) is 16.6 Å². The van der Waals surface area contributed by atoms with Gasteiger partial charge in [0, 0.05) is 53.7 Å². The molecule has 5 heteroatoms. The van der Waals surface area contributed by atoms with Gasteiger partial charge in [0.15, 0.2) is 11.6 Å². The van der Waals surface area contributed by atoms with Gasteiger partial charge in [0.25, 0.3) is 0 Å². The van der Waals surface area contributed by atoms with Gasteiger partial charge in [-0.05, 0) is 59.1 Å². The molecule has 2 aliphatic carbocycles. The number of nitrogens with zero attached hydrogens (tertiary/aromatic N) is 1. The maximum absolute atomic E-state index is 13.5. The van der Waals surface area contributed by atoms with Gasteiger partial charge in [0.2, 0.25) is 0 Å². The maximum Gasteiger partial charge on any atom is 0.162 e. The van der Waals surface area contributed by atoms with Crippen molar-refractivity contribution in [3.8, 4) is 5.75 Å². The summed E-state index contributed by atoms with van der Waals surface area (Å²) >= 11 is 0. The van der Waals surface area contributed by atoms with Crippen molar-refractivity contribution < 1.29 is 14.3 Å². The molecule has 0 atom stereocenters. The van der Waals surface area contributed by atoms with Crippen LogP contribution in [0.4, 0.5) is 0 Å². The molecule has 0 fully saturated rings. The van der Waals surface area contributed by atoms with Crippen LogP contribution in [0.2, 0.25) is 0 Å². The second-order valence-corrected chi connectivity index (χ2v) is 11.4. The van der Waals surface area contributed by atoms with Gasteiger partial charge in [0.05, 0.1) is 0 Å². The number of carbonyl (C=O) groups is 2.